The molecular formula is C8H7KO3S2. The van der Waals surface area contributed by atoms with E-state index in [4.69, 9.17) is 4.55 Å². The van der Waals surface area contributed by atoms with Crippen LogP contribution in [0.1, 0.15) is 1.43 Å². The zero-order valence-corrected chi connectivity index (χ0v) is 12.2. The van der Waals surface area contributed by atoms with Gasteiger partial charge in [0.2, 0.25) is 0 Å². The average Bonchev–Trinajstić information content (AvgIpc) is 2.45. The number of hydrogen-bond donors (Lipinski definition) is 1. The summed E-state index contributed by atoms with van der Waals surface area (Å²) in [5.74, 6) is 0. The van der Waals surface area contributed by atoms with Gasteiger partial charge in [-0.1, -0.05) is 18.2 Å². The molecule has 0 spiro atoms. The van der Waals surface area contributed by atoms with Crippen molar-refractivity contribution in [1.82, 2.24) is 0 Å². The summed E-state index contributed by atoms with van der Waals surface area (Å²) in [7, 11) is -4.08. The monoisotopic (exact) mass is 254 g/mol. The van der Waals surface area contributed by atoms with Crippen LogP contribution in [0, 0.1) is 0 Å². The minimum Gasteiger partial charge on any atom is -1.00 e. The summed E-state index contributed by atoms with van der Waals surface area (Å²) in [4.78, 5) is -0.00639. The van der Waals surface area contributed by atoms with Crippen LogP contribution >= 0.6 is 11.3 Å². The first kappa shape index (κ1) is 12.8. The second-order valence-corrected chi connectivity index (χ2v) is 4.87. The van der Waals surface area contributed by atoms with Gasteiger partial charge in [-0.3, -0.25) is 4.55 Å². The van der Waals surface area contributed by atoms with E-state index in [1.807, 2.05) is 12.1 Å². The second-order valence-electron chi connectivity index (χ2n) is 2.57. The summed E-state index contributed by atoms with van der Waals surface area (Å²) in [6.07, 6.45) is 0. The van der Waals surface area contributed by atoms with Crippen LogP contribution in [0.25, 0.3) is 10.1 Å². The SMILES string of the molecule is O=S(=O)(O)c1csc2ccccc12.[H-].[K+]. The molecule has 6 heteroatoms. The molecule has 2 rings (SSSR count). The number of rotatable bonds is 1. The van der Waals surface area contributed by atoms with Gasteiger partial charge in [-0.15, -0.1) is 11.3 Å². The third-order valence-electron chi connectivity index (χ3n) is 1.72. The van der Waals surface area contributed by atoms with Crippen LogP contribution in [0.4, 0.5) is 0 Å². The summed E-state index contributed by atoms with van der Waals surface area (Å²) in [6, 6.07) is 7.06. The Morgan fingerprint density at radius 2 is 1.93 bits per heavy atom. The standard InChI is InChI=1S/C8H6O3S2.K.H/c9-13(10,11)8-5-12-7-4-2-1-3-6(7)8;;/h1-5H,(H,9,10,11);;/q;+1;-1. The van der Waals surface area contributed by atoms with E-state index in [1.165, 1.54) is 16.7 Å². The van der Waals surface area contributed by atoms with E-state index < -0.39 is 10.1 Å². The van der Waals surface area contributed by atoms with Gasteiger partial charge in [0.25, 0.3) is 10.1 Å². The zero-order valence-electron chi connectivity index (χ0n) is 8.47. The number of fused-ring (bicyclic) bond motifs is 1. The molecule has 2 aromatic rings. The topological polar surface area (TPSA) is 54.4 Å². The third kappa shape index (κ3) is 2.45. The zero-order chi connectivity index (χ0) is 9.47. The molecule has 0 radical (unpaired) electrons. The van der Waals surface area contributed by atoms with Crippen molar-refractivity contribution in [3.63, 3.8) is 0 Å². The molecule has 0 bridgehead atoms. The Morgan fingerprint density at radius 3 is 2.57 bits per heavy atom. The summed E-state index contributed by atoms with van der Waals surface area (Å²) in [6.45, 7) is 0. The molecule has 0 saturated carbocycles. The maximum absolute atomic E-state index is 10.9. The van der Waals surface area contributed by atoms with Crippen molar-refractivity contribution in [2.75, 3.05) is 0 Å². The van der Waals surface area contributed by atoms with Crippen molar-refractivity contribution in [2.45, 2.75) is 4.90 Å². The van der Waals surface area contributed by atoms with Crippen LogP contribution in [0.15, 0.2) is 34.5 Å². The molecule has 0 aliphatic heterocycles. The summed E-state index contributed by atoms with van der Waals surface area (Å²) in [5.41, 5.74) is 0. The Kier molecular flexibility index (Phi) is 4.30. The maximum Gasteiger partial charge on any atom is 1.00 e. The Hall–Kier alpha value is 0.726. The van der Waals surface area contributed by atoms with Crippen LogP contribution < -0.4 is 51.4 Å². The Balaban J connectivity index is 0.000000980. The van der Waals surface area contributed by atoms with Crippen LogP contribution in [-0.4, -0.2) is 13.0 Å². The Bertz CT molecular complexity index is 550. The van der Waals surface area contributed by atoms with Gasteiger partial charge in [-0.2, -0.15) is 8.42 Å². The van der Waals surface area contributed by atoms with E-state index >= 15 is 0 Å². The molecule has 0 unspecified atom stereocenters. The van der Waals surface area contributed by atoms with Crippen LogP contribution in [0.3, 0.4) is 0 Å². The molecule has 1 N–H and O–H groups in total. The first-order chi connectivity index (χ1) is 6.09. The van der Waals surface area contributed by atoms with Crippen LogP contribution in [0.2, 0.25) is 0 Å². The average molecular weight is 254 g/mol. The minimum absolute atomic E-state index is 0. The quantitative estimate of drug-likeness (QED) is 0.539. The summed E-state index contributed by atoms with van der Waals surface area (Å²) < 4.78 is 31.5. The summed E-state index contributed by atoms with van der Waals surface area (Å²) >= 11 is 1.30. The molecule has 0 atom stereocenters. The van der Waals surface area contributed by atoms with Gasteiger partial charge >= 0.3 is 51.4 Å². The van der Waals surface area contributed by atoms with E-state index in [1.54, 1.807) is 12.1 Å². The molecule has 3 nitrogen and oxygen atoms in total. The number of hydrogen-bond acceptors (Lipinski definition) is 3. The third-order valence-corrected chi connectivity index (χ3v) is 3.73. The first-order valence-corrected chi connectivity index (χ1v) is 5.85. The molecule has 0 aliphatic rings. The van der Waals surface area contributed by atoms with E-state index in [0.717, 1.165) is 4.70 Å². The number of thiophene rings is 1. The predicted octanol–water partition coefficient (Wildman–Crippen LogP) is -0.735. The van der Waals surface area contributed by atoms with Crippen molar-refractivity contribution in [2.24, 2.45) is 0 Å². The Labute approximate surface area is 130 Å². The predicted molar refractivity (Wildman–Crippen MR) is 52.8 cm³/mol. The fraction of sp³-hybridized carbons (Fsp3) is 0. The fourth-order valence-electron chi connectivity index (χ4n) is 1.15. The molecule has 0 amide bonds. The van der Waals surface area contributed by atoms with Gasteiger partial charge in [0, 0.05) is 15.5 Å². The largest absolute Gasteiger partial charge is 1.00 e. The van der Waals surface area contributed by atoms with Gasteiger partial charge in [-0.25, -0.2) is 0 Å². The minimum atomic E-state index is -4.08. The van der Waals surface area contributed by atoms with E-state index in [-0.39, 0.29) is 57.7 Å². The van der Waals surface area contributed by atoms with Gasteiger partial charge < -0.3 is 1.43 Å². The maximum atomic E-state index is 10.9. The molecule has 14 heavy (non-hydrogen) atoms. The van der Waals surface area contributed by atoms with Gasteiger partial charge in [0.1, 0.15) is 4.90 Å². The van der Waals surface area contributed by atoms with Crippen LogP contribution in [-0.2, 0) is 10.1 Å². The molecule has 1 aromatic carbocycles. The van der Waals surface area contributed by atoms with Crippen molar-refractivity contribution in [3.8, 4) is 0 Å². The Morgan fingerprint density at radius 1 is 1.29 bits per heavy atom. The van der Waals surface area contributed by atoms with Crippen molar-refractivity contribution in [3.05, 3.63) is 29.6 Å². The van der Waals surface area contributed by atoms with Crippen LogP contribution in [0.5, 0.6) is 0 Å². The van der Waals surface area contributed by atoms with Gasteiger partial charge in [-0.05, 0) is 6.07 Å². The molecule has 0 aliphatic carbocycles. The van der Waals surface area contributed by atoms with E-state index in [0.29, 0.717) is 5.39 Å². The van der Waals surface area contributed by atoms with Gasteiger partial charge in [0.15, 0.2) is 0 Å². The van der Waals surface area contributed by atoms with E-state index in [9.17, 15) is 8.42 Å². The molecule has 0 saturated heterocycles. The molecule has 1 heterocycles. The molecular weight excluding hydrogens is 247 g/mol. The fourth-order valence-corrected chi connectivity index (χ4v) is 3.13. The van der Waals surface area contributed by atoms with Crippen molar-refractivity contribution < 1.29 is 65.8 Å². The molecule has 1 aromatic heterocycles. The van der Waals surface area contributed by atoms with Crippen molar-refractivity contribution >= 4 is 31.5 Å². The van der Waals surface area contributed by atoms with E-state index in [2.05, 4.69) is 0 Å². The smallest absolute Gasteiger partial charge is 1.00 e. The van der Waals surface area contributed by atoms with Crippen molar-refractivity contribution in [1.29, 1.82) is 0 Å². The number of benzene rings is 1. The first-order valence-electron chi connectivity index (χ1n) is 3.53. The summed E-state index contributed by atoms with van der Waals surface area (Å²) in [5, 5.41) is 2.02. The normalized spacial score (nSPS) is 11.2. The second kappa shape index (κ2) is 4.71. The molecule has 70 valence electrons. The molecule has 0 fully saturated rings. The van der Waals surface area contributed by atoms with Gasteiger partial charge in [0.05, 0.1) is 0 Å².